The Balaban J connectivity index is 1.67. The number of fused-ring (bicyclic) bond motifs is 3. The van der Waals surface area contributed by atoms with Gasteiger partial charge in [0.2, 0.25) is 11.8 Å². The fourth-order valence-corrected chi connectivity index (χ4v) is 4.24. The molecule has 31 heavy (non-hydrogen) atoms. The lowest BCUT2D eigenvalue weighted by Gasteiger charge is -2.38. The Bertz CT molecular complexity index is 1070. The van der Waals surface area contributed by atoms with Crippen LogP contribution in [0.3, 0.4) is 0 Å². The zero-order valence-electron chi connectivity index (χ0n) is 18.4. The van der Waals surface area contributed by atoms with Crippen LogP contribution < -0.4 is 5.32 Å². The van der Waals surface area contributed by atoms with Crippen molar-refractivity contribution in [3.05, 3.63) is 66.0 Å². The van der Waals surface area contributed by atoms with Crippen molar-refractivity contribution in [2.75, 3.05) is 6.54 Å². The number of nitrogens with zero attached hydrogens (tertiary/aromatic N) is 3. The molecule has 3 aromatic rings. The van der Waals surface area contributed by atoms with Gasteiger partial charge in [-0.15, -0.1) is 0 Å². The van der Waals surface area contributed by atoms with Gasteiger partial charge >= 0.3 is 0 Å². The Morgan fingerprint density at radius 1 is 1.10 bits per heavy atom. The second-order valence-corrected chi connectivity index (χ2v) is 8.71. The van der Waals surface area contributed by atoms with E-state index < -0.39 is 6.04 Å². The van der Waals surface area contributed by atoms with Crippen LogP contribution in [0.4, 0.5) is 0 Å². The molecule has 2 amide bonds. The van der Waals surface area contributed by atoms with Crippen LogP contribution in [-0.4, -0.2) is 32.8 Å². The summed E-state index contributed by atoms with van der Waals surface area (Å²) in [7, 11) is 0. The van der Waals surface area contributed by atoms with E-state index in [-0.39, 0.29) is 24.3 Å². The second-order valence-electron chi connectivity index (χ2n) is 8.71. The molecule has 0 unspecified atom stereocenters. The molecule has 2 heterocycles. The van der Waals surface area contributed by atoms with Gasteiger partial charge in [-0.3, -0.25) is 9.59 Å². The summed E-state index contributed by atoms with van der Waals surface area (Å²) >= 11 is 0. The van der Waals surface area contributed by atoms with E-state index in [1.165, 1.54) is 0 Å². The number of amides is 2. The average Bonchev–Trinajstić information content (AvgIpc) is 3.14. The highest BCUT2D eigenvalue weighted by molar-refractivity contribution is 5.90. The molecule has 0 saturated heterocycles. The molecule has 6 nitrogen and oxygen atoms in total. The van der Waals surface area contributed by atoms with Gasteiger partial charge in [-0.05, 0) is 37.0 Å². The molecular formula is C25H30N4O2. The summed E-state index contributed by atoms with van der Waals surface area (Å²) in [5.74, 6) is 1.21. The third-order valence-corrected chi connectivity index (χ3v) is 5.96. The van der Waals surface area contributed by atoms with E-state index in [2.05, 4.69) is 19.2 Å². The number of imidazole rings is 1. The number of hydrogen-bond donors (Lipinski definition) is 1. The molecular weight excluding hydrogens is 388 g/mol. The summed E-state index contributed by atoms with van der Waals surface area (Å²) in [6, 6.07) is 17.0. The number of aromatic nitrogens is 2. The van der Waals surface area contributed by atoms with Crippen LogP contribution >= 0.6 is 0 Å². The lowest BCUT2D eigenvalue weighted by molar-refractivity contribution is -0.142. The van der Waals surface area contributed by atoms with Crippen LogP contribution in [0.15, 0.2) is 54.6 Å². The molecule has 1 aliphatic rings. The van der Waals surface area contributed by atoms with E-state index in [0.717, 1.165) is 28.8 Å². The first-order chi connectivity index (χ1) is 15.0. The van der Waals surface area contributed by atoms with Crippen molar-refractivity contribution < 1.29 is 9.59 Å². The molecule has 1 aromatic heterocycles. The van der Waals surface area contributed by atoms with E-state index in [4.69, 9.17) is 4.98 Å². The Morgan fingerprint density at radius 2 is 1.81 bits per heavy atom. The Morgan fingerprint density at radius 3 is 2.55 bits per heavy atom. The van der Waals surface area contributed by atoms with Crippen molar-refractivity contribution >= 4 is 22.8 Å². The number of para-hydroxylation sites is 2. The quantitative estimate of drug-likeness (QED) is 0.624. The van der Waals surface area contributed by atoms with Gasteiger partial charge in [0.05, 0.1) is 23.5 Å². The maximum absolute atomic E-state index is 13.7. The molecule has 162 valence electrons. The van der Waals surface area contributed by atoms with E-state index >= 15 is 0 Å². The Labute approximate surface area is 183 Å². The molecule has 2 aromatic carbocycles. The third kappa shape index (κ3) is 4.33. The predicted molar refractivity (Wildman–Crippen MR) is 121 cm³/mol. The number of carbonyl (C=O) groups excluding carboxylic acids is 2. The number of rotatable bonds is 7. The highest BCUT2D eigenvalue weighted by atomic mass is 16.2. The first-order valence-corrected chi connectivity index (χ1v) is 11.0. The first kappa shape index (κ1) is 21.1. The summed E-state index contributed by atoms with van der Waals surface area (Å²) in [6.45, 7) is 7.39. The molecule has 2 atom stereocenters. The first-order valence-electron chi connectivity index (χ1n) is 11.0. The minimum absolute atomic E-state index is 0.0361. The van der Waals surface area contributed by atoms with Crippen LogP contribution in [0.25, 0.3) is 11.0 Å². The van der Waals surface area contributed by atoms with Gasteiger partial charge in [-0.1, -0.05) is 56.3 Å². The van der Waals surface area contributed by atoms with Crippen molar-refractivity contribution in [2.45, 2.75) is 52.2 Å². The van der Waals surface area contributed by atoms with E-state index in [1.807, 2.05) is 71.0 Å². The standard InChI is InChI=1S/C25H30N4O2/c1-17(2)13-14-26-23(30)15-22-25(31)28(16-19-9-5-4-6-10-19)18(3)24-27-20-11-7-8-12-21(20)29(22)24/h4-12,17-18,22H,13-16H2,1-3H3,(H,26,30)/t18-,22-/m1/s1. The van der Waals surface area contributed by atoms with Gasteiger partial charge in [-0.25, -0.2) is 4.98 Å². The smallest absolute Gasteiger partial charge is 0.247 e. The second kappa shape index (κ2) is 8.92. The Kier molecular flexibility index (Phi) is 6.07. The summed E-state index contributed by atoms with van der Waals surface area (Å²) in [6.07, 6.45) is 1.03. The van der Waals surface area contributed by atoms with Gasteiger partial charge in [0.25, 0.3) is 0 Å². The minimum Gasteiger partial charge on any atom is -0.356 e. The zero-order valence-corrected chi connectivity index (χ0v) is 18.4. The summed E-state index contributed by atoms with van der Waals surface area (Å²) in [5, 5.41) is 2.99. The molecule has 0 fully saturated rings. The fourth-order valence-electron chi connectivity index (χ4n) is 4.24. The van der Waals surface area contributed by atoms with E-state index in [1.54, 1.807) is 0 Å². The number of hydrogen-bond acceptors (Lipinski definition) is 3. The normalized spacial score (nSPS) is 18.5. The van der Waals surface area contributed by atoms with Crippen molar-refractivity contribution in [1.82, 2.24) is 19.8 Å². The van der Waals surface area contributed by atoms with Crippen LogP contribution in [0.1, 0.15) is 57.1 Å². The maximum atomic E-state index is 13.7. The van der Waals surface area contributed by atoms with Crippen LogP contribution in [-0.2, 0) is 16.1 Å². The van der Waals surface area contributed by atoms with Crippen LogP contribution in [0.2, 0.25) is 0 Å². The third-order valence-electron chi connectivity index (χ3n) is 5.96. The summed E-state index contributed by atoms with van der Waals surface area (Å²) in [5.41, 5.74) is 2.81. The molecule has 1 aliphatic heterocycles. The molecule has 0 saturated carbocycles. The van der Waals surface area contributed by atoms with E-state index in [9.17, 15) is 9.59 Å². The van der Waals surface area contributed by atoms with Crippen molar-refractivity contribution in [2.24, 2.45) is 5.92 Å². The monoisotopic (exact) mass is 418 g/mol. The number of nitrogens with one attached hydrogen (secondary N) is 1. The van der Waals surface area contributed by atoms with Crippen molar-refractivity contribution in [3.63, 3.8) is 0 Å². The molecule has 4 rings (SSSR count). The molecule has 0 spiro atoms. The fraction of sp³-hybridized carbons (Fsp3) is 0.400. The van der Waals surface area contributed by atoms with Crippen LogP contribution in [0, 0.1) is 5.92 Å². The van der Waals surface area contributed by atoms with Gasteiger partial charge in [0, 0.05) is 13.1 Å². The van der Waals surface area contributed by atoms with Gasteiger partial charge in [0.1, 0.15) is 11.9 Å². The maximum Gasteiger partial charge on any atom is 0.247 e. The Hall–Kier alpha value is -3.15. The summed E-state index contributed by atoms with van der Waals surface area (Å²) < 4.78 is 1.98. The van der Waals surface area contributed by atoms with Crippen molar-refractivity contribution in [3.8, 4) is 0 Å². The van der Waals surface area contributed by atoms with Crippen molar-refractivity contribution in [1.29, 1.82) is 0 Å². The highest BCUT2D eigenvalue weighted by Crippen LogP contribution is 2.37. The molecule has 1 N–H and O–H groups in total. The van der Waals surface area contributed by atoms with Gasteiger partial charge < -0.3 is 14.8 Å². The predicted octanol–water partition coefficient (Wildman–Crippen LogP) is 4.23. The number of carbonyl (C=O) groups is 2. The molecule has 0 bridgehead atoms. The lowest BCUT2D eigenvalue weighted by Crippen LogP contribution is -2.46. The molecule has 0 aliphatic carbocycles. The van der Waals surface area contributed by atoms with Gasteiger partial charge in [0.15, 0.2) is 0 Å². The molecule has 6 heteroatoms. The van der Waals surface area contributed by atoms with Gasteiger partial charge in [-0.2, -0.15) is 0 Å². The highest BCUT2D eigenvalue weighted by Gasteiger charge is 2.40. The SMILES string of the molecule is CC(C)CCNC(=O)C[C@@H]1C(=O)N(Cc2ccccc2)[C@H](C)c2nc3ccccc3n21. The lowest BCUT2D eigenvalue weighted by atomic mass is 10.0. The largest absolute Gasteiger partial charge is 0.356 e. The molecule has 0 radical (unpaired) electrons. The zero-order chi connectivity index (χ0) is 22.0. The minimum atomic E-state index is -0.596. The van der Waals surface area contributed by atoms with E-state index in [0.29, 0.717) is 19.0 Å². The van der Waals surface area contributed by atoms with Crippen LogP contribution in [0.5, 0.6) is 0 Å². The topological polar surface area (TPSA) is 67.2 Å². The summed E-state index contributed by atoms with van der Waals surface area (Å²) in [4.78, 5) is 33.1. The average molecular weight is 419 g/mol. The number of benzene rings is 2.